The molecule has 0 aromatic carbocycles. The van der Waals surface area contributed by atoms with Crippen LogP contribution in [0, 0.1) is 16.7 Å². The molecule has 0 nitrogen and oxygen atoms in total. The zero-order valence-electron chi connectivity index (χ0n) is 7.93. The van der Waals surface area contributed by atoms with Crippen LogP contribution >= 0.6 is 0 Å². The van der Waals surface area contributed by atoms with Crippen molar-refractivity contribution >= 4 is 0 Å². The van der Waals surface area contributed by atoms with Gasteiger partial charge in [-0.2, -0.15) is 0 Å². The molecule has 64 valence electrons. The number of allylic oxidation sites excluding steroid dienone is 4. The van der Waals surface area contributed by atoms with Gasteiger partial charge in [-0.25, -0.2) is 0 Å². The molecule has 0 aromatic heterocycles. The first-order chi connectivity index (χ1) is 5.72. The molecule has 2 unspecified atom stereocenters. The van der Waals surface area contributed by atoms with Gasteiger partial charge in [0.25, 0.3) is 0 Å². The van der Waals surface area contributed by atoms with Gasteiger partial charge in [0.1, 0.15) is 0 Å². The second kappa shape index (κ2) is 1.71. The molecule has 0 heteroatoms. The van der Waals surface area contributed by atoms with Crippen LogP contribution in [0.1, 0.15) is 33.1 Å². The highest BCUT2D eigenvalue weighted by molar-refractivity contribution is 5.46. The molecule has 0 bridgehead atoms. The fourth-order valence-corrected chi connectivity index (χ4v) is 3.92. The molecule has 1 saturated carbocycles. The third kappa shape index (κ3) is 0.460. The topological polar surface area (TPSA) is 0 Å². The van der Waals surface area contributed by atoms with Crippen LogP contribution in [0.15, 0.2) is 23.8 Å². The van der Waals surface area contributed by atoms with Crippen LogP contribution in [-0.2, 0) is 0 Å². The van der Waals surface area contributed by atoms with E-state index in [2.05, 4.69) is 32.1 Å². The lowest BCUT2D eigenvalue weighted by molar-refractivity contribution is 0.404. The smallest absolute Gasteiger partial charge is 0.0182 e. The zero-order valence-corrected chi connectivity index (χ0v) is 7.93. The first-order valence-electron chi connectivity index (χ1n) is 5.07. The number of hydrogen-bond donors (Lipinski definition) is 0. The third-order valence-electron chi connectivity index (χ3n) is 4.70. The van der Waals surface area contributed by atoms with Gasteiger partial charge in [0.05, 0.1) is 0 Å². The third-order valence-corrected chi connectivity index (χ3v) is 4.70. The second-order valence-corrected chi connectivity index (χ2v) is 4.90. The Bertz CT molecular complexity index is 297. The van der Waals surface area contributed by atoms with Crippen molar-refractivity contribution in [2.45, 2.75) is 33.1 Å². The molecular weight excluding hydrogens is 144 g/mol. The molecule has 0 amide bonds. The lowest BCUT2D eigenvalue weighted by Gasteiger charge is -2.23. The van der Waals surface area contributed by atoms with Crippen LogP contribution in [-0.4, -0.2) is 0 Å². The van der Waals surface area contributed by atoms with E-state index >= 15 is 0 Å². The highest BCUT2D eigenvalue weighted by Gasteiger charge is 2.73. The summed E-state index contributed by atoms with van der Waals surface area (Å²) < 4.78 is 0. The minimum Gasteiger partial charge on any atom is -0.0876 e. The maximum absolute atomic E-state index is 2.50. The van der Waals surface area contributed by atoms with E-state index in [0.29, 0.717) is 10.8 Å². The summed E-state index contributed by atoms with van der Waals surface area (Å²) in [5, 5.41) is 0. The second-order valence-electron chi connectivity index (χ2n) is 4.90. The van der Waals surface area contributed by atoms with Gasteiger partial charge >= 0.3 is 0 Å². The standard InChI is InChI=1S/C12H16/c1-9-5-6-10-11(2)7-3-4-8-12(9,10)11/h4-5,8,10H,3,6-7H2,1-2H3/t10-,11?,12?/m0/s1. The van der Waals surface area contributed by atoms with Crippen molar-refractivity contribution in [1.29, 1.82) is 0 Å². The summed E-state index contributed by atoms with van der Waals surface area (Å²) in [5.74, 6) is 0.962. The summed E-state index contributed by atoms with van der Waals surface area (Å²) in [6, 6.07) is 0. The molecule has 0 aliphatic heterocycles. The van der Waals surface area contributed by atoms with Crippen LogP contribution in [0.4, 0.5) is 0 Å². The minimum atomic E-state index is 0.533. The number of hydrogen-bond acceptors (Lipinski definition) is 0. The molecule has 1 fully saturated rings. The van der Waals surface area contributed by atoms with Crippen molar-refractivity contribution in [2.75, 3.05) is 0 Å². The van der Waals surface area contributed by atoms with Crippen LogP contribution in [0.2, 0.25) is 0 Å². The predicted molar refractivity (Wildman–Crippen MR) is 50.8 cm³/mol. The van der Waals surface area contributed by atoms with E-state index in [9.17, 15) is 0 Å². The lowest BCUT2D eigenvalue weighted by atomic mass is 9.81. The number of rotatable bonds is 0. The molecule has 0 aromatic rings. The van der Waals surface area contributed by atoms with Gasteiger partial charge in [-0.05, 0) is 37.5 Å². The molecule has 0 radical (unpaired) electrons. The van der Waals surface area contributed by atoms with Gasteiger partial charge in [0.2, 0.25) is 0 Å². The normalized spacial score (nSPS) is 54.5. The quantitative estimate of drug-likeness (QED) is 0.477. The van der Waals surface area contributed by atoms with Crippen molar-refractivity contribution < 1.29 is 0 Å². The largest absolute Gasteiger partial charge is 0.0876 e. The summed E-state index contributed by atoms with van der Waals surface area (Å²) in [5.41, 5.74) is 2.83. The Morgan fingerprint density at radius 1 is 1.50 bits per heavy atom. The van der Waals surface area contributed by atoms with Crippen molar-refractivity contribution in [1.82, 2.24) is 0 Å². The van der Waals surface area contributed by atoms with Crippen molar-refractivity contribution in [3.63, 3.8) is 0 Å². The van der Waals surface area contributed by atoms with Crippen molar-refractivity contribution in [2.24, 2.45) is 16.7 Å². The predicted octanol–water partition coefficient (Wildman–Crippen LogP) is 3.31. The Morgan fingerprint density at radius 3 is 3.08 bits per heavy atom. The molecule has 3 aliphatic rings. The van der Waals surface area contributed by atoms with E-state index in [0.717, 1.165) is 5.92 Å². The highest BCUT2D eigenvalue weighted by Crippen LogP contribution is 2.80. The van der Waals surface area contributed by atoms with E-state index < -0.39 is 0 Å². The Morgan fingerprint density at radius 2 is 2.33 bits per heavy atom. The molecule has 3 atom stereocenters. The van der Waals surface area contributed by atoms with Crippen molar-refractivity contribution in [3.8, 4) is 0 Å². The van der Waals surface area contributed by atoms with E-state index in [-0.39, 0.29) is 0 Å². The molecule has 12 heavy (non-hydrogen) atoms. The maximum atomic E-state index is 2.50. The molecule has 0 heterocycles. The summed E-state index contributed by atoms with van der Waals surface area (Å²) in [6.45, 7) is 4.80. The van der Waals surface area contributed by atoms with Crippen LogP contribution in [0.3, 0.4) is 0 Å². The summed E-state index contributed by atoms with van der Waals surface area (Å²) in [4.78, 5) is 0. The fraction of sp³-hybridized carbons (Fsp3) is 0.667. The average Bonchev–Trinajstić information content (AvgIpc) is 2.44. The van der Waals surface area contributed by atoms with E-state index in [1.807, 2.05) is 0 Å². The van der Waals surface area contributed by atoms with Crippen molar-refractivity contribution in [3.05, 3.63) is 23.8 Å². The summed E-state index contributed by atoms with van der Waals surface area (Å²) in [7, 11) is 0. The zero-order chi connectivity index (χ0) is 8.40. The summed E-state index contributed by atoms with van der Waals surface area (Å²) in [6.07, 6.45) is 11.4. The Labute approximate surface area is 74.4 Å². The van der Waals surface area contributed by atoms with Crippen LogP contribution in [0.5, 0.6) is 0 Å². The molecule has 0 N–H and O–H groups in total. The van der Waals surface area contributed by atoms with E-state index in [1.165, 1.54) is 19.3 Å². The first-order valence-corrected chi connectivity index (χ1v) is 5.07. The maximum Gasteiger partial charge on any atom is 0.0182 e. The Hall–Kier alpha value is -0.520. The lowest BCUT2D eigenvalue weighted by Crippen LogP contribution is -2.13. The van der Waals surface area contributed by atoms with E-state index in [1.54, 1.807) is 5.57 Å². The summed E-state index contributed by atoms with van der Waals surface area (Å²) >= 11 is 0. The molecule has 1 spiro atoms. The average molecular weight is 160 g/mol. The van der Waals surface area contributed by atoms with Gasteiger partial charge in [0, 0.05) is 5.41 Å². The van der Waals surface area contributed by atoms with Crippen LogP contribution < -0.4 is 0 Å². The Kier molecular flexibility index (Phi) is 0.988. The highest BCUT2D eigenvalue weighted by atomic mass is 14.8. The van der Waals surface area contributed by atoms with Gasteiger partial charge in [-0.3, -0.25) is 0 Å². The SMILES string of the molecule is CC1=CC[C@H]2C3(C)CCC=CC123. The van der Waals surface area contributed by atoms with Gasteiger partial charge < -0.3 is 0 Å². The monoisotopic (exact) mass is 160 g/mol. The first kappa shape index (κ1) is 6.94. The van der Waals surface area contributed by atoms with Gasteiger partial charge in [-0.15, -0.1) is 0 Å². The number of fused-ring (bicyclic) bond motifs is 1. The fourth-order valence-electron chi connectivity index (χ4n) is 3.92. The molecule has 3 aliphatic carbocycles. The molecule has 0 saturated heterocycles. The van der Waals surface area contributed by atoms with Gasteiger partial charge in [-0.1, -0.05) is 30.7 Å². The Balaban J connectivity index is 2.14. The minimum absolute atomic E-state index is 0.533. The van der Waals surface area contributed by atoms with Gasteiger partial charge in [0.15, 0.2) is 0 Å². The molecular formula is C12H16. The molecule has 3 rings (SSSR count). The van der Waals surface area contributed by atoms with E-state index in [4.69, 9.17) is 0 Å². The van der Waals surface area contributed by atoms with Crippen LogP contribution in [0.25, 0.3) is 0 Å².